The van der Waals surface area contributed by atoms with E-state index in [1.807, 2.05) is 0 Å². The van der Waals surface area contributed by atoms with Gasteiger partial charge < -0.3 is 4.90 Å². The standard InChI is InChI=1S/C13H19NS/c1-4-10-7-9(2)12-8-11(15)5-6-13(12)14(10)3/h5-6,8-10,15H,4,7H2,1-3H3/t9-,10+/m0/s1. The monoisotopic (exact) mass is 221 g/mol. The van der Waals surface area contributed by atoms with Crippen LogP contribution in [0.15, 0.2) is 23.1 Å². The van der Waals surface area contributed by atoms with Gasteiger partial charge in [0.25, 0.3) is 0 Å². The number of hydrogen-bond donors (Lipinski definition) is 1. The fourth-order valence-corrected chi connectivity index (χ4v) is 2.80. The van der Waals surface area contributed by atoms with Crippen molar-refractivity contribution in [2.45, 2.75) is 43.5 Å². The van der Waals surface area contributed by atoms with Crippen LogP contribution < -0.4 is 4.90 Å². The molecule has 0 spiro atoms. The van der Waals surface area contributed by atoms with Crippen LogP contribution in [0, 0.1) is 0 Å². The summed E-state index contributed by atoms with van der Waals surface area (Å²) in [7, 11) is 2.21. The number of hydrogen-bond acceptors (Lipinski definition) is 2. The van der Waals surface area contributed by atoms with Gasteiger partial charge in [-0.25, -0.2) is 0 Å². The molecule has 1 nitrogen and oxygen atoms in total. The van der Waals surface area contributed by atoms with Crippen molar-refractivity contribution in [1.82, 2.24) is 0 Å². The molecule has 82 valence electrons. The Kier molecular flexibility index (Phi) is 2.96. The van der Waals surface area contributed by atoms with E-state index in [0.717, 1.165) is 4.90 Å². The number of fused-ring (bicyclic) bond motifs is 1. The Balaban J connectivity index is 2.44. The van der Waals surface area contributed by atoms with Gasteiger partial charge in [-0.15, -0.1) is 12.6 Å². The van der Waals surface area contributed by atoms with Gasteiger partial charge in [0.2, 0.25) is 0 Å². The zero-order chi connectivity index (χ0) is 11.0. The van der Waals surface area contributed by atoms with Crippen molar-refractivity contribution in [2.75, 3.05) is 11.9 Å². The fraction of sp³-hybridized carbons (Fsp3) is 0.538. The van der Waals surface area contributed by atoms with Gasteiger partial charge in [-0.3, -0.25) is 0 Å². The van der Waals surface area contributed by atoms with E-state index >= 15 is 0 Å². The van der Waals surface area contributed by atoms with Gasteiger partial charge in [0, 0.05) is 23.7 Å². The highest BCUT2D eigenvalue weighted by Gasteiger charge is 2.26. The predicted molar refractivity (Wildman–Crippen MR) is 69.2 cm³/mol. The molecule has 1 heterocycles. The summed E-state index contributed by atoms with van der Waals surface area (Å²) in [4.78, 5) is 3.49. The molecule has 0 aromatic heterocycles. The molecule has 0 saturated heterocycles. The molecule has 0 bridgehead atoms. The Morgan fingerprint density at radius 1 is 1.47 bits per heavy atom. The second-order valence-electron chi connectivity index (χ2n) is 4.55. The SMILES string of the molecule is CC[C@@H]1C[C@H](C)c2cc(S)ccc2N1C. The third kappa shape index (κ3) is 1.87. The van der Waals surface area contributed by atoms with Gasteiger partial charge >= 0.3 is 0 Å². The predicted octanol–water partition coefficient (Wildman–Crippen LogP) is 3.70. The van der Waals surface area contributed by atoms with Crippen molar-refractivity contribution in [2.24, 2.45) is 0 Å². The van der Waals surface area contributed by atoms with E-state index in [2.05, 4.69) is 56.6 Å². The third-order valence-corrected chi connectivity index (χ3v) is 3.84. The van der Waals surface area contributed by atoms with E-state index in [4.69, 9.17) is 0 Å². The number of benzene rings is 1. The molecule has 1 aliphatic heterocycles. The number of rotatable bonds is 1. The summed E-state index contributed by atoms with van der Waals surface area (Å²) in [5.74, 6) is 0.660. The zero-order valence-corrected chi connectivity index (χ0v) is 10.6. The van der Waals surface area contributed by atoms with Crippen molar-refractivity contribution in [1.29, 1.82) is 0 Å². The minimum Gasteiger partial charge on any atom is -0.371 e. The summed E-state index contributed by atoms with van der Waals surface area (Å²) >= 11 is 4.42. The summed E-state index contributed by atoms with van der Waals surface area (Å²) in [6.07, 6.45) is 2.49. The van der Waals surface area contributed by atoms with Crippen LogP contribution in [0.5, 0.6) is 0 Å². The number of anilines is 1. The Bertz CT molecular complexity index is 362. The smallest absolute Gasteiger partial charge is 0.0402 e. The minimum atomic E-state index is 0.660. The van der Waals surface area contributed by atoms with Crippen LogP contribution in [-0.2, 0) is 0 Å². The van der Waals surface area contributed by atoms with Crippen LogP contribution in [0.4, 0.5) is 5.69 Å². The Morgan fingerprint density at radius 3 is 2.87 bits per heavy atom. The lowest BCUT2D eigenvalue weighted by atomic mass is 9.86. The summed E-state index contributed by atoms with van der Waals surface area (Å²) < 4.78 is 0. The fourth-order valence-electron chi connectivity index (χ4n) is 2.59. The van der Waals surface area contributed by atoms with Crippen LogP contribution in [0.1, 0.15) is 38.2 Å². The van der Waals surface area contributed by atoms with Crippen LogP contribution >= 0.6 is 12.6 Å². The van der Waals surface area contributed by atoms with Crippen LogP contribution in [0.25, 0.3) is 0 Å². The second-order valence-corrected chi connectivity index (χ2v) is 5.07. The van der Waals surface area contributed by atoms with Crippen molar-refractivity contribution in [3.63, 3.8) is 0 Å². The largest absolute Gasteiger partial charge is 0.371 e. The van der Waals surface area contributed by atoms with Gasteiger partial charge in [-0.2, -0.15) is 0 Å². The molecule has 0 saturated carbocycles. The van der Waals surface area contributed by atoms with Crippen molar-refractivity contribution in [3.05, 3.63) is 23.8 Å². The first-order valence-electron chi connectivity index (χ1n) is 5.69. The highest BCUT2D eigenvalue weighted by Crippen LogP contribution is 2.39. The molecule has 0 radical (unpaired) electrons. The molecule has 0 amide bonds. The second kappa shape index (κ2) is 4.09. The summed E-state index contributed by atoms with van der Waals surface area (Å²) in [6, 6.07) is 7.20. The third-order valence-electron chi connectivity index (χ3n) is 3.57. The van der Waals surface area contributed by atoms with E-state index in [1.165, 1.54) is 24.1 Å². The zero-order valence-electron chi connectivity index (χ0n) is 9.70. The molecular weight excluding hydrogens is 202 g/mol. The molecular formula is C13H19NS. The lowest BCUT2D eigenvalue weighted by Gasteiger charge is -2.39. The summed E-state index contributed by atoms with van der Waals surface area (Å²) in [5, 5.41) is 0. The molecule has 2 atom stereocenters. The molecule has 1 aromatic carbocycles. The Morgan fingerprint density at radius 2 is 2.20 bits per heavy atom. The molecule has 1 aromatic rings. The first-order valence-corrected chi connectivity index (χ1v) is 6.14. The molecule has 0 N–H and O–H groups in total. The molecule has 1 aliphatic rings. The van der Waals surface area contributed by atoms with Crippen LogP contribution in [0.2, 0.25) is 0 Å². The van der Waals surface area contributed by atoms with E-state index in [9.17, 15) is 0 Å². The average Bonchev–Trinajstić information content (AvgIpc) is 2.23. The lowest BCUT2D eigenvalue weighted by molar-refractivity contribution is 0.490. The number of nitrogens with zero attached hydrogens (tertiary/aromatic N) is 1. The van der Waals surface area contributed by atoms with Gasteiger partial charge in [-0.1, -0.05) is 13.8 Å². The van der Waals surface area contributed by atoms with E-state index in [-0.39, 0.29) is 0 Å². The highest BCUT2D eigenvalue weighted by molar-refractivity contribution is 7.80. The lowest BCUT2D eigenvalue weighted by Crippen LogP contribution is -2.36. The van der Waals surface area contributed by atoms with Crippen molar-refractivity contribution < 1.29 is 0 Å². The van der Waals surface area contributed by atoms with E-state index in [0.29, 0.717) is 12.0 Å². The first kappa shape index (κ1) is 10.9. The molecule has 0 aliphatic carbocycles. The first-order chi connectivity index (χ1) is 7.13. The Hall–Kier alpha value is -0.630. The Labute approximate surface area is 97.9 Å². The maximum absolute atomic E-state index is 4.42. The summed E-state index contributed by atoms with van der Waals surface area (Å²) in [6.45, 7) is 4.59. The molecule has 2 rings (SSSR count). The normalized spacial score (nSPS) is 25.2. The van der Waals surface area contributed by atoms with Gasteiger partial charge in [-0.05, 0) is 42.5 Å². The highest BCUT2D eigenvalue weighted by atomic mass is 32.1. The van der Waals surface area contributed by atoms with E-state index in [1.54, 1.807) is 0 Å². The quantitative estimate of drug-likeness (QED) is 0.708. The van der Waals surface area contributed by atoms with Crippen molar-refractivity contribution in [3.8, 4) is 0 Å². The van der Waals surface area contributed by atoms with Gasteiger partial charge in [0.15, 0.2) is 0 Å². The van der Waals surface area contributed by atoms with Crippen LogP contribution in [-0.4, -0.2) is 13.1 Å². The average molecular weight is 221 g/mol. The van der Waals surface area contributed by atoms with E-state index < -0.39 is 0 Å². The number of thiol groups is 1. The maximum Gasteiger partial charge on any atom is 0.0402 e. The molecule has 2 heteroatoms. The topological polar surface area (TPSA) is 3.24 Å². The minimum absolute atomic E-state index is 0.660. The molecule has 0 fully saturated rings. The van der Waals surface area contributed by atoms with Gasteiger partial charge in [0.05, 0.1) is 0 Å². The molecule has 15 heavy (non-hydrogen) atoms. The van der Waals surface area contributed by atoms with Crippen molar-refractivity contribution >= 4 is 18.3 Å². The van der Waals surface area contributed by atoms with Crippen LogP contribution in [0.3, 0.4) is 0 Å². The van der Waals surface area contributed by atoms with Gasteiger partial charge in [0.1, 0.15) is 0 Å². The maximum atomic E-state index is 4.42. The molecule has 0 unspecified atom stereocenters. The summed E-state index contributed by atoms with van der Waals surface area (Å²) in [5.41, 5.74) is 2.84.